The van der Waals surface area contributed by atoms with Crippen LogP contribution in [-0.2, 0) is 14.4 Å². The van der Waals surface area contributed by atoms with Gasteiger partial charge in [-0.1, -0.05) is 27.7 Å². The second-order valence-electron chi connectivity index (χ2n) is 12.1. The van der Waals surface area contributed by atoms with Gasteiger partial charge in [-0.2, -0.15) is 0 Å². The summed E-state index contributed by atoms with van der Waals surface area (Å²) in [6.45, 7) is 16.3. The average molecular weight is 476 g/mol. The zero-order valence-corrected chi connectivity index (χ0v) is 22.5. The molecule has 3 aliphatic heterocycles. The van der Waals surface area contributed by atoms with Crippen LogP contribution in [0.4, 0.5) is 0 Å². The van der Waals surface area contributed by atoms with Gasteiger partial charge in [-0.15, -0.1) is 0 Å². The number of likely N-dealkylation sites (tertiary alicyclic amines) is 2. The van der Waals surface area contributed by atoms with Crippen LogP contribution in [0.1, 0.15) is 86.5 Å². The molecule has 0 spiro atoms. The molecule has 1 N–H and O–H groups in total. The molecule has 6 heteroatoms. The van der Waals surface area contributed by atoms with Gasteiger partial charge in [0.2, 0.25) is 17.7 Å². The van der Waals surface area contributed by atoms with E-state index in [9.17, 15) is 14.4 Å². The molecule has 6 nitrogen and oxygen atoms in total. The molecule has 3 saturated heterocycles. The first kappa shape index (κ1) is 27.0. The molecule has 3 amide bonds. The van der Waals surface area contributed by atoms with Gasteiger partial charge in [-0.25, -0.2) is 0 Å². The van der Waals surface area contributed by atoms with E-state index in [1.165, 1.54) is 0 Å². The van der Waals surface area contributed by atoms with Gasteiger partial charge in [-0.3, -0.25) is 14.4 Å². The van der Waals surface area contributed by atoms with Crippen LogP contribution in [0.15, 0.2) is 0 Å². The van der Waals surface area contributed by atoms with E-state index in [-0.39, 0.29) is 29.7 Å². The lowest BCUT2D eigenvalue weighted by Gasteiger charge is -2.42. The van der Waals surface area contributed by atoms with E-state index in [1.807, 2.05) is 0 Å². The fourth-order valence-electron chi connectivity index (χ4n) is 6.72. The lowest BCUT2D eigenvalue weighted by molar-refractivity contribution is -0.145. The van der Waals surface area contributed by atoms with E-state index in [4.69, 9.17) is 0 Å². The molecule has 34 heavy (non-hydrogen) atoms. The van der Waals surface area contributed by atoms with Gasteiger partial charge in [0.15, 0.2) is 0 Å². The third-order valence-corrected chi connectivity index (χ3v) is 8.89. The number of hydrogen-bond acceptors (Lipinski definition) is 3. The Kier molecular flexibility index (Phi) is 9.45. The molecule has 3 heterocycles. The van der Waals surface area contributed by atoms with Crippen molar-refractivity contribution < 1.29 is 14.4 Å². The Morgan fingerprint density at radius 2 is 1.65 bits per heavy atom. The lowest BCUT2D eigenvalue weighted by atomic mass is 9.74. The molecule has 0 aromatic carbocycles. The third kappa shape index (κ3) is 6.34. The van der Waals surface area contributed by atoms with Crippen molar-refractivity contribution in [3.8, 4) is 0 Å². The van der Waals surface area contributed by atoms with E-state index in [0.29, 0.717) is 35.5 Å². The zero-order chi connectivity index (χ0) is 25.0. The average Bonchev–Trinajstić information content (AvgIpc) is 3.21. The third-order valence-electron chi connectivity index (χ3n) is 8.89. The summed E-state index contributed by atoms with van der Waals surface area (Å²) in [4.78, 5) is 42.5. The second-order valence-corrected chi connectivity index (χ2v) is 12.1. The first-order chi connectivity index (χ1) is 16.1. The maximum atomic E-state index is 13.3. The Balaban J connectivity index is 1.57. The highest BCUT2D eigenvalue weighted by atomic mass is 16.2. The molecule has 0 radical (unpaired) electrons. The highest BCUT2D eigenvalue weighted by molar-refractivity contribution is 5.81. The zero-order valence-electron chi connectivity index (χ0n) is 22.5. The molecule has 0 bridgehead atoms. The Labute approximate surface area is 207 Å². The maximum Gasteiger partial charge on any atom is 0.226 e. The van der Waals surface area contributed by atoms with Gasteiger partial charge in [0.25, 0.3) is 0 Å². The summed E-state index contributed by atoms with van der Waals surface area (Å²) < 4.78 is 0. The van der Waals surface area contributed by atoms with Gasteiger partial charge in [-0.05, 0) is 82.5 Å². The largest absolute Gasteiger partial charge is 0.356 e. The second kappa shape index (κ2) is 11.9. The van der Waals surface area contributed by atoms with Crippen LogP contribution in [0, 0.1) is 41.4 Å². The lowest BCUT2D eigenvalue weighted by Crippen LogP contribution is -2.49. The Bertz CT molecular complexity index is 722. The van der Waals surface area contributed by atoms with Crippen LogP contribution in [0.5, 0.6) is 0 Å². The number of amides is 3. The predicted molar refractivity (Wildman–Crippen MR) is 136 cm³/mol. The monoisotopic (exact) mass is 475 g/mol. The van der Waals surface area contributed by atoms with Crippen LogP contribution < -0.4 is 5.32 Å². The van der Waals surface area contributed by atoms with Crippen LogP contribution >= 0.6 is 0 Å². The quantitative estimate of drug-likeness (QED) is 0.511. The molecule has 0 aliphatic carbocycles. The van der Waals surface area contributed by atoms with Gasteiger partial charge in [0, 0.05) is 50.0 Å². The number of hydrogen-bond donors (Lipinski definition) is 1. The molecule has 6 unspecified atom stereocenters. The first-order valence-electron chi connectivity index (χ1n) is 14.0. The van der Waals surface area contributed by atoms with Crippen molar-refractivity contribution >= 4 is 17.7 Å². The van der Waals surface area contributed by atoms with Gasteiger partial charge in [0.05, 0.1) is 0 Å². The number of carbonyl (C=O) groups excluding carboxylic acids is 3. The normalized spacial score (nSPS) is 30.3. The van der Waals surface area contributed by atoms with Crippen molar-refractivity contribution in [3.63, 3.8) is 0 Å². The molecule has 3 aliphatic rings. The van der Waals surface area contributed by atoms with Crippen molar-refractivity contribution in [2.45, 2.75) is 92.5 Å². The molecule has 3 rings (SSSR count). The van der Waals surface area contributed by atoms with Gasteiger partial charge < -0.3 is 15.1 Å². The molecular formula is C28H49N3O3. The van der Waals surface area contributed by atoms with Crippen molar-refractivity contribution in [1.82, 2.24) is 15.1 Å². The summed E-state index contributed by atoms with van der Waals surface area (Å²) in [5, 5.41) is 2.95. The SMILES string of the molecule is CC(C)C1CC(CC(C)C2CCCN(C(C)C)C2=O)CN(CCCC(C)C2CCNC2=O)C1=O. The minimum absolute atomic E-state index is 0.0817. The summed E-state index contributed by atoms with van der Waals surface area (Å²) >= 11 is 0. The fourth-order valence-corrected chi connectivity index (χ4v) is 6.72. The number of rotatable bonds is 10. The van der Waals surface area contributed by atoms with Crippen LogP contribution in [0.3, 0.4) is 0 Å². The highest BCUT2D eigenvalue weighted by Gasteiger charge is 2.39. The summed E-state index contributed by atoms with van der Waals surface area (Å²) in [5.74, 6) is 2.69. The molecule has 0 aromatic heterocycles. The van der Waals surface area contributed by atoms with Crippen LogP contribution in [0.25, 0.3) is 0 Å². The Morgan fingerprint density at radius 1 is 0.912 bits per heavy atom. The van der Waals surface area contributed by atoms with Crippen molar-refractivity contribution in [2.75, 3.05) is 26.2 Å². The topological polar surface area (TPSA) is 69.7 Å². The van der Waals surface area contributed by atoms with E-state index in [2.05, 4.69) is 56.7 Å². The van der Waals surface area contributed by atoms with Crippen molar-refractivity contribution in [1.29, 1.82) is 0 Å². The summed E-state index contributed by atoms with van der Waals surface area (Å²) in [6.07, 6.45) is 6.94. The minimum Gasteiger partial charge on any atom is -0.356 e. The van der Waals surface area contributed by atoms with Gasteiger partial charge >= 0.3 is 0 Å². The Morgan fingerprint density at radius 3 is 2.26 bits per heavy atom. The standard InChI is InChI=1S/C28H49N3O3/c1-18(2)25-16-22(15-21(6)24-10-8-14-31(19(3)4)28(24)34)17-30(27(25)33)13-7-9-20(5)23-11-12-29-26(23)32/h18-25H,7-17H2,1-6H3,(H,29,32). The van der Waals surface area contributed by atoms with Crippen LogP contribution in [0.2, 0.25) is 0 Å². The first-order valence-corrected chi connectivity index (χ1v) is 14.0. The molecule has 194 valence electrons. The maximum absolute atomic E-state index is 13.3. The van der Waals surface area contributed by atoms with E-state index < -0.39 is 0 Å². The summed E-state index contributed by atoms with van der Waals surface area (Å²) in [7, 11) is 0. The smallest absolute Gasteiger partial charge is 0.226 e. The highest BCUT2D eigenvalue weighted by Crippen LogP contribution is 2.36. The minimum atomic E-state index is 0.0817. The fraction of sp³-hybridized carbons (Fsp3) is 0.893. The predicted octanol–water partition coefficient (Wildman–Crippen LogP) is 4.33. The van der Waals surface area contributed by atoms with E-state index in [0.717, 1.165) is 71.1 Å². The van der Waals surface area contributed by atoms with Crippen LogP contribution in [-0.4, -0.2) is 59.7 Å². The number of nitrogens with one attached hydrogen (secondary N) is 1. The number of nitrogens with zero attached hydrogens (tertiary/aromatic N) is 2. The molecule has 3 fully saturated rings. The Hall–Kier alpha value is -1.59. The molecule has 0 aromatic rings. The summed E-state index contributed by atoms with van der Waals surface area (Å²) in [5.41, 5.74) is 0. The van der Waals surface area contributed by atoms with Crippen molar-refractivity contribution in [2.24, 2.45) is 41.4 Å². The van der Waals surface area contributed by atoms with Crippen molar-refractivity contribution in [3.05, 3.63) is 0 Å². The number of piperidine rings is 2. The molecule has 0 saturated carbocycles. The molecule has 6 atom stereocenters. The van der Waals surface area contributed by atoms with E-state index >= 15 is 0 Å². The molecular weight excluding hydrogens is 426 g/mol. The number of carbonyl (C=O) groups is 3. The van der Waals surface area contributed by atoms with Gasteiger partial charge in [0.1, 0.15) is 0 Å². The summed E-state index contributed by atoms with van der Waals surface area (Å²) in [6, 6.07) is 0.272. The van der Waals surface area contributed by atoms with E-state index in [1.54, 1.807) is 0 Å².